The SMILES string of the molecule is COC(=O)C[C@H]1CN(C(=O)O)CC[C@H]1CCCc1cccc2ncc(OC)cc12. The zero-order valence-corrected chi connectivity index (χ0v) is 17.0. The number of likely N-dealkylation sites (tertiary alicyclic amines) is 1. The Labute approximate surface area is 170 Å². The van der Waals surface area contributed by atoms with Gasteiger partial charge in [0.25, 0.3) is 0 Å². The summed E-state index contributed by atoms with van der Waals surface area (Å²) >= 11 is 0. The van der Waals surface area contributed by atoms with Gasteiger partial charge in [-0.15, -0.1) is 0 Å². The molecule has 0 saturated carbocycles. The smallest absolute Gasteiger partial charge is 0.407 e. The number of fused-ring (bicyclic) bond motifs is 1. The molecule has 7 heteroatoms. The van der Waals surface area contributed by atoms with Gasteiger partial charge in [-0.3, -0.25) is 9.78 Å². The molecule has 1 N–H and O–H groups in total. The van der Waals surface area contributed by atoms with E-state index >= 15 is 0 Å². The van der Waals surface area contributed by atoms with Crippen molar-refractivity contribution < 1.29 is 24.2 Å². The van der Waals surface area contributed by atoms with Crippen LogP contribution < -0.4 is 4.74 Å². The van der Waals surface area contributed by atoms with Crippen molar-refractivity contribution in [2.24, 2.45) is 11.8 Å². The van der Waals surface area contributed by atoms with E-state index in [2.05, 4.69) is 11.1 Å². The average Bonchev–Trinajstić information content (AvgIpc) is 2.74. The standard InChI is InChI=1S/C22H28N2O5/c1-28-18-12-19-16(7-4-8-20(19)23-13-18)6-3-5-15-9-10-24(22(26)27)14-17(15)11-21(25)29-2/h4,7-8,12-13,15,17H,3,5-6,9-11,14H2,1-2H3,(H,26,27)/t15-,17+/m1/s1. The number of hydrogen-bond donors (Lipinski definition) is 1. The summed E-state index contributed by atoms with van der Waals surface area (Å²) in [4.78, 5) is 29.0. The van der Waals surface area contributed by atoms with E-state index in [4.69, 9.17) is 9.47 Å². The van der Waals surface area contributed by atoms with Crippen LogP contribution in [0.5, 0.6) is 5.75 Å². The van der Waals surface area contributed by atoms with Crippen LogP contribution >= 0.6 is 0 Å². The van der Waals surface area contributed by atoms with Crippen LogP contribution in [0.2, 0.25) is 0 Å². The first-order valence-corrected chi connectivity index (χ1v) is 9.98. The lowest BCUT2D eigenvalue weighted by molar-refractivity contribution is -0.142. The molecule has 1 saturated heterocycles. The van der Waals surface area contributed by atoms with Gasteiger partial charge in [0, 0.05) is 18.5 Å². The number of rotatable bonds is 7. The number of piperidine rings is 1. The lowest BCUT2D eigenvalue weighted by atomic mass is 9.80. The molecule has 1 aromatic heterocycles. The summed E-state index contributed by atoms with van der Waals surface area (Å²) in [5.41, 5.74) is 2.17. The van der Waals surface area contributed by atoms with E-state index in [9.17, 15) is 14.7 Å². The summed E-state index contributed by atoms with van der Waals surface area (Å²) in [5, 5.41) is 10.4. The molecule has 1 amide bonds. The molecule has 3 rings (SSSR count). The summed E-state index contributed by atoms with van der Waals surface area (Å²) in [6.07, 6.45) is 4.65. The highest BCUT2D eigenvalue weighted by molar-refractivity contribution is 5.83. The molecular formula is C22H28N2O5. The largest absolute Gasteiger partial charge is 0.495 e. The van der Waals surface area contributed by atoms with E-state index in [-0.39, 0.29) is 18.3 Å². The molecular weight excluding hydrogens is 372 g/mol. The van der Waals surface area contributed by atoms with E-state index in [1.54, 1.807) is 13.3 Å². The third-order valence-corrected chi connectivity index (χ3v) is 5.87. The zero-order valence-electron chi connectivity index (χ0n) is 17.0. The van der Waals surface area contributed by atoms with Crippen LogP contribution in [0.25, 0.3) is 10.9 Å². The quantitative estimate of drug-likeness (QED) is 0.712. The number of carboxylic acid groups (broad SMARTS) is 1. The Morgan fingerprint density at radius 1 is 1.28 bits per heavy atom. The fourth-order valence-corrected chi connectivity index (χ4v) is 4.24. The second-order valence-electron chi connectivity index (χ2n) is 7.57. The third-order valence-electron chi connectivity index (χ3n) is 5.87. The van der Waals surface area contributed by atoms with E-state index in [1.165, 1.54) is 17.6 Å². The van der Waals surface area contributed by atoms with Crippen molar-refractivity contribution in [3.63, 3.8) is 0 Å². The number of amides is 1. The lowest BCUT2D eigenvalue weighted by Crippen LogP contribution is -2.44. The second kappa shape index (κ2) is 9.58. The van der Waals surface area contributed by atoms with E-state index in [0.717, 1.165) is 42.3 Å². The Morgan fingerprint density at radius 2 is 2.10 bits per heavy atom. The van der Waals surface area contributed by atoms with Crippen molar-refractivity contribution in [2.75, 3.05) is 27.3 Å². The van der Waals surface area contributed by atoms with Gasteiger partial charge in [-0.1, -0.05) is 12.1 Å². The highest BCUT2D eigenvalue weighted by atomic mass is 16.5. The number of ether oxygens (including phenoxy) is 2. The Bertz CT molecular complexity index is 869. The molecule has 1 aliphatic heterocycles. The normalized spacial score (nSPS) is 19.2. The maximum Gasteiger partial charge on any atom is 0.407 e. The van der Waals surface area contributed by atoms with Gasteiger partial charge in [-0.25, -0.2) is 4.79 Å². The molecule has 156 valence electrons. The van der Waals surface area contributed by atoms with E-state index < -0.39 is 6.09 Å². The molecule has 7 nitrogen and oxygen atoms in total. The van der Waals surface area contributed by atoms with Crippen LogP contribution in [0.1, 0.15) is 31.2 Å². The monoisotopic (exact) mass is 400 g/mol. The first kappa shape index (κ1) is 20.9. The second-order valence-corrected chi connectivity index (χ2v) is 7.57. The topological polar surface area (TPSA) is 89.0 Å². The third kappa shape index (κ3) is 5.16. The van der Waals surface area contributed by atoms with E-state index in [0.29, 0.717) is 19.0 Å². The molecule has 0 spiro atoms. The molecule has 0 unspecified atom stereocenters. The first-order chi connectivity index (χ1) is 14.0. The maximum absolute atomic E-state index is 11.8. The molecule has 0 aliphatic carbocycles. The number of hydrogen-bond acceptors (Lipinski definition) is 5. The van der Waals surface area contributed by atoms with Gasteiger partial charge in [-0.05, 0) is 55.2 Å². The number of aromatic nitrogens is 1. The molecule has 29 heavy (non-hydrogen) atoms. The Balaban J connectivity index is 1.66. The number of pyridine rings is 1. The van der Waals surface area contributed by atoms with Crippen LogP contribution in [0.15, 0.2) is 30.5 Å². The minimum Gasteiger partial charge on any atom is -0.495 e. The molecule has 1 fully saturated rings. The Hall–Kier alpha value is -2.83. The van der Waals surface area contributed by atoms with Crippen molar-refractivity contribution in [1.29, 1.82) is 0 Å². The molecule has 1 aromatic carbocycles. The number of carbonyl (C=O) groups is 2. The molecule has 1 aliphatic rings. The predicted octanol–water partition coefficient (Wildman–Crippen LogP) is 3.75. The number of methoxy groups -OCH3 is 2. The lowest BCUT2D eigenvalue weighted by Gasteiger charge is -2.37. The van der Waals surface area contributed by atoms with Crippen LogP contribution in [0.3, 0.4) is 0 Å². The number of aryl methyl sites for hydroxylation is 1. The van der Waals surface area contributed by atoms with Gasteiger partial charge in [0.05, 0.1) is 32.4 Å². The van der Waals surface area contributed by atoms with Gasteiger partial charge in [0.1, 0.15) is 5.75 Å². The average molecular weight is 400 g/mol. The van der Waals surface area contributed by atoms with E-state index in [1.807, 2.05) is 18.2 Å². The number of benzene rings is 1. The highest BCUT2D eigenvalue weighted by Crippen LogP contribution is 2.32. The molecule has 0 radical (unpaired) electrons. The van der Waals surface area contributed by atoms with Crippen LogP contribution in [-0.4, -0.2) is 54.4 Å². The molecule has 2 heterocycles. The summed E-state index contributed by atoms with van der Waals surface area (Å²) < 4.78 is 10.1. The van der Waals surface area contributed by atoms with Gasteiger partial charge < -0.3 is 19.5 Å². The van der Waals surface area contributed by atoms with Crippen molar-refractivity contribution in [3.8, 4) is 5.75 Å². The first-order valence-electron chi connectivity index (χ1n) is 9.98. The number of nitrogens with zero attached hydrogens (tertiary/aromatic N) is 2. The fraction of sp³-hybridized carbons (Fsp3) is 0.500. The van der Waals surface area contributed by atoms with Gasteiger partial charge in [0.2, 0.25) is 0 Å². The van der Waals surface area contributed by atoms with Crippen LogP contribution in [0.4, 0.5) is 4.79 Å². The number of esters is 1. The van der Waals surface area contributed by atoms with Crippen LogP contribution in [0, 0.1) is 11.8 Å². The molecule has 0 bridgehead atoms. The maximum atomic E-state index is 11.8. The number of carbonyl (C=O) groups excluding carboxylic acids is 1. The summed E-state index contributed by atoms with van der Waals surface area (Å²) in [7, 11) is 3.01. The fourth-order valence-electron chi connectivity index (χ4n) is 4.24. The molecule has 2 aromatic rings. The van der Waals surface area contributed by atoms with Gasteiger partial charge in [-0.2, -0.15) is 0 Å². The van der Waals surface area contributed by atoms with Gasteiger partial charge >= 0.3 is 12.1 Å². The minimum atomic E-state index is -0.921. The predicted molar refractivity (Wildman–Crippen MR) is 109 cm³/mol. The van der Waals surface area contributed by atoms with Crippen molar-refractivity contribution in [3.05, 3.63) is 36.0 Å². The summed E-state index contributed by atoms with van der Waals surface area (Å²) in [6.45, 7) is 0.914. The van der Waals surface area contributed by atoms with Gasteiger partial charge in [0.15, 0.2) is 0 Å². The zero-order chi connectivity index (χ0) is 20.8. The summed E-state index contributed by atoms with van der Waals surface area (Å²) in [6, 6.07) is 8.14. The Kier molecular flexibility index (Phi) is 6.90. The van der Waals surface area contributed by atoms with Crippen LogP contribution in [-0.2, 0) is 16.0 Å². The molecule has 2 atom stereocenters. The van der Waals surface area contributed by atoms with Crippen molar-refractivity contribution in [1.82, 2.24) is 9.88 Å². The minimum absolute atomic E-state index is 0.00146. The van der Waals surface area contributed by atoms with Crippen molar-refractivity contribution in [2.45, 2.75) is 32.1 Å². The van der Waals surface area contributed by atoms with Crippen molar-refractivity contribution >= 4 is 23.0 Å². The summed E-state index contributed by atoms with van der Waals surface area (Å²) in [5.74, 6) is 0.775. The Morgan fingerprint density at radius 3 is 2.83 bits per heavy atom. The highest BCUT2D eigenvalue weighted by Gasteiger charge is 2.32.